The molecule has 1 heterocycles. The van der Waals surface area contributed by atoms with Crippen LogP contribution in [0.15, 0.2) is 48.5 Å². The summed E-state index contributed by atoms with van der Waals surface area (Å²) in [5, 5.41) is 8.41. The molecule has 1 aliphatic heterocycles. The van der Waals surface area contributed by atoms with Crippen LogP contribution in [-0.2, 0) is 77.9 Å². The monoisotopic (exact) mass is 966 g/mol. The highest BCUT2D eigenvalue weighted by molar-refractivity contribution is 5.97. The van der Waals surface area contributed by atoms with Gasteiger partial charge in [0.1, 0.15) is 12.9 Å². The molecule has 0 aliphatic carbocycles. The van der Waals surface area contributed by atoms with Crippen LogP contribution in [0, 0.1) is 24.2 Å². The van der Waals surface area contributed by atoms with E-state index in [2.05, 4.69) is 33.7 Å². The average molecular weight is 967 g/mol. The molecule has 3 N–H and O–H groups in total. The van der Waals surface area contributed by atoms with E-state index >= 15 is 0 Å². The largest absolute Gasteiger partial charge is 0.379 e. The molecule has 19 nitrogen and oxygen atoms in total. The third-order valence-electron chi connectivity index (χ3n) is 9.62. The van der Waals surface area contributed by atoms with Crippen molar-refractivity contribution in [2.75, 3.05) is 150 Å². The SMILES string of the molecule is C#CCOCCOCCOCCOCCNC(=O)CCOCC(COCCC=O)NC(=O)CCOCCOCCOCCOCCNC(=O)CCC(=O)N1Cc2ccccc2C#Cc2ccccc21. The summed E-state index contributed by atoms with van der Waals surface area (Å²) >= 11 is 0. The Morgan fingerprint density at radius 3 is 1.65 bits per heavy atom. The number of aldehydes is 1. The van der Waals surface area contributed by atoms with Crippen LogP contribution in [0.4, 0.5) is 5.69 Å². The lowest BCUT2D eigenvalue weighted by atomic mass is 10.0. The molecule has 3 rings (SSSR count). The molecule has 0 radical (unpaired) electrons. The number of hydrogen-bond donors (Lipinski definition) is 3. The fourth-order valence-electron chi connectivity index (χ4n) is 6.16. The van der Waals surface area contributed by atoms with Gasteiger partial charge < -0.3 is 73.0 Å². The first-order valence-electron chi connectivity index (χ1n) is 23.4. The van der Waals surface area contributed by atoms with E-state index in [1.54, 1.807) is 4.90 Å². The molecule has 1 aliphatic rings. The van der Waals surface area contributed by atoms with Gasteiger partial charge in [0.2, 0.25) is 23.6 Å². The Morgan fingerprint density at radius 1 is 0.565 bits per heavy atom. The van der Waals surface area contributed by atoms with Gasteiger partial charge in [-0.15, -0.1) is 6.42 Å². The second-order valence-electron chi connectivity index (χ2n) is 15.0. The zero-order chi connectivity index (χ0) is 49.3. The Hall–Kier alpha value is -5.29. The number of anilines is 1. The summed E-state index contributed by atoms with van der Waals surface area (Å²) in [6.07, 6.45) is 6.42. The van der Waals surface area contributed by atoms with Crippen LogP contribution < -0.4 is 20.9 Å². The summed E-state index contributed by atoms with van der Waals surface area (Å²) in [6.45, 7) is 7.26. The first kappa shape index (κ1) is 58.0. The minimum absolute atomic E-state index is 0.0554. The molecule has 2 aromatic rings. The number of hydrogen-bond acceptors (Lipinski definition) is 15. The lowest BCUT2D eigenvalue weighted by Gasteiger charge is -2.26. The van der Waals surface area contributed by atoms with E-state index in [1.807, 2.05) is 48.5 Å². The predicted molar refractivity (Wildman–Crippen MR) is 254 cm³/mol. The molecule has 0 spiro atoms. The van der Waals surface area contributed by atoms with Gasteiger partial charge in [0.25, 0.3) is 0 Å². The lowest BCUT2D eigenvalue weighted by molar-refractivity contribution is -0.125. The minimum Gasteiger partial charge on any atom is -0.379 e. The molecule has 4 amide bonds. The third-order valence-corrected chi connectivity index (χ3v) is 9.62. The van der Waals surface area contributed by atoms with Crippen LogP contribution in [0.2, 0.25) is 0 Å². The smallest absolute Gasteiger partial charge is 0.227 e. The molecule has 0 aromatic heterocycles. The van der Waals surface area contributed by atoms with Gasteiger partial charge in [0.15, 0.2) is 0 Å². The van der Waals surface area contributed by atoms with Gasteiger partial charge in [0.05, 0.1) is 144 Å². The summed E-state index contributed by atoms with van der Waals surface area (Å²) in [4.78, 5) is 63.0. The van der Waals surface area contributed by atoms with Gasteiger partial charge in [0, 0.05) is 56.3 Å². The number of para-hydroxylation sites is 1. The van der Waals surface area contributed by atoms with Crippen LogP contribution in [0.25, 0.3) is 0 Å². The highest BCUT2D eigenvalue weighted by Gasteiger charge is 2.22. The fourth-order valence-corrected chi connectivity index (χ4v) is 6.16. The van der Waals surface area contributed by atoms with Crippen molar-refractivity contribution in [3.63, 3.8) is 0 Å². The summed E-state index contributed by atoms with van der Waals surface area (Å²) < 4.78 is 54.6. The second kappa shape index (κ2) is 39.5. The summed E-state index contributed by atoms with van der Waals surface area (Å²) in [5.41, 5.74) is 3.33. The molecule has 1 unspecified atom stereocenters. The topological polar surface area (TPSA) is 217 Å². The van der Waals surface area contributed by atoms with E-state index in [0.717, 1.165) is 28.7 Å². The molecule has 0 saturated heterocycles. The van der Waals surface area contributed by atoms with E-state index in [4.69, 9.17) is 53.8 Å². The number of carbonyl (C=O) groups is 5. The van der Waals surface area contributed by atoms with Crippen molar-refractivity contribution in [2.24, 2.45) is 0 Å². The van der Waals surface area contributed by atoms with E-state index < -0.39 is 6.04 Å². The maximum absolute atomic E-state index is 13.3. The van der Waals surface area contributed by atoms with Gasteiger partial charge in [-0.3, -0.25) is 19.2 Å². The van der Waals surface area contributed by atoms with Crippen LogP contribution in [-0.4, -0.2) is 181 Å². The van der Waals surface area contributed by atoms with Gasteiger partial charge in [-0.2, -0.15) is 0 Å². The quantitative estimate of drug-likeness (QED) is 0.0490. The Morgan fingerprint density at radius 2 is 1.04 bits per heavy atom. The normalized spacial score (nSPS) is 12.0. The summed E-state index contributed by atoms with van der Waals surface area (Å²) in [6, 6.07) is 14.8. The van der Waals surface area contributed by atoms with E-state index in [0.29, 0.717) is 106 Å². The highest BCUT2D eigenvalue weighted by Crippen LogP contribution is 2.26. The van der Waals surface area contributed by atoms with Crippen LogP contribution in [0.5, 0.6) is 0 Å². The molecule has 2 aromatic carbocycles. The summed E-state index contributed by atoms with van der Waals surface area (Å²) in [5.74, 6) is 7.92. The maximum Gasteiger partial charge on any atom is 0.227 e. The van der Waals surface area contributed by atoms with Crippen molar-refractivity contribution >= 4 is 35.6 Å². The van der Waals surface area contributed by atoms with Crippen molar-refractivity contribution in [2.45, 2.75) is 44.7 Å². The van der Waals surface area contributed by atoms with Crippen LogP contribution in [0.1, 0.15) is 48.8 Å². The fraction of sp³-hybridized carbons (Fsp3) is 0.580. The number of nitrogens with one attached hydrogen (secondary N) is 3. The molecule has 19 heteroatoms. The second-order valence-corrected chi connectivity index (χ2v) is 15.0. The molecule has 69 heavy (non-hydrogen) atoms. The molecule has 380 valence electrons. The maximum atomic E-state index is 13.3. The number of ether oxygens (including phenoxy) is 10. The molecule has 0 fully saturated rings. The Balaban J connectivity index is 1.11. The number of fused-ring (bicyclic) bond motifs is 2. The van der Waals surface area contributed by atoms with Gasteiger partial charge in [-0.05, 0) is 23.8 Å². The first-order valence-corrected chi connectivity index (χ1v) is 23.4. The molecule has 0 bridgehead atoms. The van der Waals surface area contributed by atoms with Crippen molar-refractivity contribution in [3.05, 3.63) is 65.2 Å². The number of carbonyl (C=O) groups excluding carboxylic acids is 5. The molecular formula is C50H70N4O15. The summed E-state index contributed by atoms with van der Waals surface area (Å²) in [7, 11) is 0. The number of amides is 4. The zero-order valence-electron chi connectivity index (χ0n) is 39.7. The lowest BCUT2D eigenvalue weighted by Crippen LogP contribution is -2.42. The Kier molecular flexibility index (Phi) is 33.3. The predicted octanol–water partition coefficient (Wildman–Crippen LogP) is 1.60. The first-order chi connectivity index (χ1) is 33.9. The molecular weight excluding hydrogens is 897 g/mol. The van der Waals surface area contributed by atoms with Crippen molar-refractivity contribution in [1.29, 1.82) is 0 Å². The number of terminal acetylenes is 1. The third kappa shape index (κ3) is 28.7. The highest BCUT2D eigenvalue weighted by atomic mass is 16.6. The molecule has 1 atom stereocenters. The van der Waals surface area contributed by atoms with Crippen LogP contribution in [0.3, 0.4) is 0 Å². The molecule has 0 saturated carbocycles. The van der Waals surface area contributed by atoms with E-state index in [-0.39, 0.29) is 102 Å². The Bertz CT molecular complexity index is 1870. The van der Waals surface area contributed by atoms with Gasteiger partial charge >= 0.3 is 0 Å². The zero-order valence-corrected chi connectivity index (χ0v) is 39.7. The minimum atomic E-state index is -0.485. The number of rotatable bonds is 42. The van der Waals surface area contributed by atoms with Crippen molar-refractivity contribution < 1.29 is 71.3 Å². The average Bonchev–Trinajstić information content (AvgIpc) is 3.35. The van der Waals surface area contributed by atoms with Gasteiger partial charge in [-0.25, -0.2) is 0 Å². The standard InChI is InChI=1S/C50H70N4O15/c1-2-21-60-27-31-64-35-37-66-34-30-63-26-19-52-48(57)16-24-69-41-45(40-68-22-7-20-55)53-49(58)17-23-61-28-32-65-36-38-67-33-29-62-25-18-51-47(56)14-15-50(59)54-39-44-10-4-3-8-42(44)12-13-43-9-5-6-11-46(43)54/h1,3-6,8-11,20,45H,7,14-19,21-41H2,(H,51,56)(H,52,57)(H,53,58). The van der Waals surface area contributed by atoms with Crippen molar-refractivity contribution in [1.82, 2.24) is 16.0 Å². The number of benzene rings is 2. The van der Waals surface area contributed by atoms with Crippen molar-refractivity contribution in [3.8, 4) is 24.2 Å². The van der Waals surface area contributed by atoms with Crippen LogP contribution >= 0.6 is 0 Å². The van der Waals surface area contributed by atoms with E-state index in [9.17, 15) is 24.0 Å². The van der Waals surface area contributed by atoms with E-state index in [1.165, 1.54) is 0 Å². The Labute approximate surface area is 406 Å². The number of nitrogens with zero attached hydrogens (tertiary/aromatic N) is 1. The van der Waals surface area contributed by atoms with Gasteiger partial charge in [-0.1, -0.05) is 48.1 Å².